The highest BCUT2D eigenvalue weighted by atomic mass is 35.5. The van der Waals surface area contributed by atoms with Crippen molar-refractivity contribution in [1.29, 1.82) is 0 Å². The van der Waals surface area contributed by atoms with Gasteiger partial charge in [-0.1, -0.05) is 23.7 Å². The number of carbonyl (C=O) groups excluding carboxylic acids is 1. The van der Waals surface area contributed by atoms with E-state index in [1.165, 1.54) is 13.2 Å². The summed E-state index contributed by atoms with van der Waals surface area (Å²) >= 11 is 6.96. The number of aromatic nitrogens is 5. The lowest BCUT2D eigenvalue weighted by Gasteiger charge is -2.13. The molecule has 7 rings (SSSR count). The van der Waals surface area contributed by atoms with Crippen molar-refractivity contribution in [3.8, 4) is 17.0 Å². The molecule has 0 aliphatic carbocycles. The number of ether oxygens (including phenoxy) is 2. The number of fused-ring (bicyclic) bond motifs is 8. The van der Waals surface area contributed by atoms with Crippen molar-refractivity contribution in [1.82, 2.24) is 24.5 Å². The molecule has 8 bridgehead atoms. The van der Waals surface area contributed by atoms with Crippen LogP contribution in [0, 0.1) is 19.7 Å². The molecule has 0 unspecified atom stereocenters. The van der Waals surface area contributed by atoms with Crippen molar-refractivity contribution in [2.75, 3.05) is 13.7 Å². The second-order valence-corrected chi connectivity index (χ2v) is 12.8. The van der Waals surface area contributed by atoms with E-state index < -0.39 is 5.97 Å². The monoisotopic (exact) mass is 653 g/mol. The quantitative estimate of drug-likeness (QED) is 0.183. The Labute approximate surface area is 277 Å². The Morgan fingerprint density at radius 2 is 1.83 bits per heavy atom. The summed E-state index contributed by atoms with van der Waals surface area (Å²) in [6, 6.07) is 14.9. The molecular formula is C37H37ClFN5O3. The fourth-order valence-electron chi connectivity index (χ4n) is 6.88. The number of methoxy groups -OCH3 is 1. The summed E-state index contributed by atoms with van der Waals surface area (Å²) in [6.07, 6.45) is 4.37. The Balaban J connectivity index is 1.34. The molecule has 8 nitrogen and oxygen atoms in total. The van der Waals surface area contributed by atoms with Crippen LogP contribution in [0.15, 0.2) is 48.5 Å². The van der Waals surface area contributed by atoms with Crippen LogP contribution in [-0.2, 0) is 44.0 Å². The minimum Gasteiger partial charge on any atom is -0.493 e. The van der Waals surface area contributed by atoms with Crippen molar-refractivity contribution in [2.24, 2.45) is 7.05 Å². The summed E-state index contributed by atoms with van der Waals surface area (Å²) in [7, 11) is 3.37. The van der Waals surface area contributed by atoms with Crippen molar-refractivity contribution < 1.29 is 18.7 Å². The maximum absolute atomic E-state index is 14.3. The van der Waals surface area contributed by atoms with Crippen LogP contribution in [-0.4, -0.2) is 44.2 Å². The standard InChI is InChI=1S/C37H37ClFN5O3/c1-21-22(2)41-44-15-5-7-26-20-27(43(3)42-26)11-9-23-17-24-19-25(39)10-12-28(24)32(18-23)47-16-6-8-29-30-13-14-31(38)33(36(21)44)34(30)40-35(29)37(45)46-4/h10,12-14,17-20,40H,5-9,11,15-16H2,1-4H3. The summed E-state index contributed by atoms with van der Waals surface area (Å²) < 4.78 is 29.9. The second-order valence-electron chi connectivity index (χ2n) is 12.4. The Morgan fingerprint density at radius 3 is 2.66 bits per heavy atom. The lowest BCUT2D eigenvalue weighted by Crippen LogP contribution is -2.07. The van der Waals surface area contributed by atoms with Gasteiger partial charge in [-0.3, -0.25) is 9.36 Å². The van der Waals surface area contributed by atoms with Crippen LogP contribution in [0.4, 0.5) is 4.39 Å². The molecule has 10 heteroatoms. The van der Waals surface area contributed by atoms with E-state index >= 15 is 0 Å². The van der Waals surface area contributed by atoms with Crippen LogP contribution in [0.1, 0.15) is 57.1 Å². The van der Waals surface area contributed by atoms with Crippen LogP contribution >= 0.6 is 11.6 Å². The summed E-state index contributed by atoms with van der Waals surface area (Å²) in [5.74, 6) is -0.00412. The van der Waals surface area contributed by atoms with Crippen molar-refractivity contribution in [2.45, 2.75) is 58.9 Å². The average molecular weight is 654 g/mol. The Morgan fingerprint density at radius 1 is 1.00 bits per heavy atom. The molecule has 3 aromatic heterocycles. The fraction of sp³-hybridized carbons (Fsp3) is 0.324. The third kappa shape index (κ3) is 5.78. The van der Waals surface area contributed by atoms with Gasteiger partial charge in [0.15, 0.2) is 0 Å². The van der Waals surface area contributed by atoms with E-state index in [1.54, 1.807) is 12.1 Å². The molecule has 0 spiro atoms. The zero-order valence-electron chi connectivity index (χ0n) is 27.0. The first-order valence-electron chi connectivity index (χ1n) is 16.0. The van der Waals surface area contributed by atoms with Gasteiger partial charge in [0.1, 0.15) is 17.3 Å². The molecule has 1 N–H and O–H groups in total. The zero-order valence-corrected chi connectivity index (χ0v) is 27.8. The molecule has 1 aliphatic rings. The van der Waals surface area contributed by atoms with Crippen LogP contribution in [0.25, 0.3) is 32.9 Å². The van der Waals surface area contributed by atoms with Gasteiger partial charge in [-0.2, -0.15) is 10.2 Å². The minimum atomic E-state index is -0.439. The van der Waals surface area contributed by atoms with E-state index in [1.807, 2.05) is 41.5 Å². The third-order valence-corrected chi connectivity index (χ3v) is 9.66. The third-order valence-electron chi connectivity index (χ3n) is 9.35. The number of benzene rings is 3. The van der Waals surface area contributed by atoms with Gasteiger partial charge in [-0.15, -0.1) is 0 Å². The Bertz CT molecular complexity index is 2160. The molecule has 0 saturated heterocycles. The number of hydrogen-bond acceptors (Lipinski definition) is 5. The second kappa shape index (κ2) is 12.5. The molecule has 242 valence electrons. The van der Waals surface area contributed by atoms with Gasteiger partial charge in [0, 0.05) is 35.6 Å². The van der Waals surface area contributed by atoms with Gasteiger partial charge in [0.2, 0.25) is 0 Å². The number of H-pyrrole nitrogens is 1. The number of esters is 1. The summed E-state index contributed by atoms with van der Waals surface area (Å²) in [5.41, 5.74) is 8.98. The highest BCUT2D eigenvalue weighted by Crippen LogP contribution is 2.40. The number of aryl methyl sites for hydroxylation is 7. The lowest BCUT2D eigenvalue weighted by atomic mass is 10.00. The molecule has 0 radical (unpaired) electrons. The molecule has 47 heavy (non-hydrogen) atoms. The summed E-state index contributed by atoms with van der Waals surface area (Å²) in [5, 5.41) is 12.9. The number of aromatic amines is 1. The van der Waals surface area contributed by atoms with Gasteiger partial charge < -0.3 is 14.5 Å². The topological polar surface area (TPSA) is 87.0 Å². The first-order chi connectivity index (χ1) is 22.7. The largest absolute Gasteiger partial charge is 0.493 e. The van der Waals surface area contributed by atoms with E-state index in [2.05, 4.69) is 24.0 Å². The molecule has 0 saturated carbocycles. The molecule has 6 aromatic rings. The normalized spacial score (nSPS) is 14.2. The van der Waals surface area contributed by atoms with E-state index in [0.29, 0.717) is 36.7 Å². The average Bonchev–Trinajstić information content (AvgIpc) is 3.69. The predicted octanol–water partition coefficient (Wildman–Crippen LogP) is 7.86. The maximum atomic E-state index is 14.3. The van der Waals surface area contributed by atoms with E-state index in [-0.39, 0.29) is 5.82 Å². The van der Waals surface area contributed by atoms with Crippen LogP contribution in [0.5, 0.6) is 5.75 Å². The van der Waals surface area contributed by atoms with Gasteiger partial charge in [-0.25, -0.2) is 9.18 Å². The van der Waals surface area contributed by atoms with E-state index in [4.69, 9.17) is 31.3 Å². The molecule has 0 atom stereocenters. The number of nitrogens with one attached hydrogen (secondary N) is 1. The SMILES string of the molecule is COC(=O)c1[nH]c2c3c(Cl)ccc2c1CCCOc1cc(cc2cc(F)ccc12)CCc1cc(nn1C)CCCn1nc(C)c(C)c1-3. The number of nitrogens with zero attached hydrogens (tertiary/aromatic N) is 4. The van der Waals surface area contributed by atoms with E-state index in [9.17, 15) is 9.18 Å². The maximum Gasteiger partial charge on any atom is 0.354 e. The Hall–Kier alpha value is -4.63. The molecule has 3 aromatic carbocycles. The van der Waals surface area contributed by atoms with Crippen molar-refractivity contribution in [3.05, 3.63) is 98.8 Å². The van der Waals surface area contributed by atoms with Crippen LogP contribution in [0.2, 0.25) is 5.02 Å². The smallest absolute Gasteiger partial charge is 0.354 e. The molecule has 0 amide bonds. The number of halogens is 2. The molecule has 1 aliphatic heterocycles. The fourth-order valence-corrected chi connectivity index (χ4v) is 7.13. The lowest BCUT2D eigenvalue weighted by molar-refractivity contribution is 0.0593. The van der Waals surface area contributed by atoms with Crippen LogP contribution in [0.3, 0.4) is 0 Å². The molecular weight excluding hydrogens is 617 g/mol. The summed E-state index contributed by atoms with van der Waals surface area (Å²) in [4.78, 5) is 16.5. The zero-order chi connectivity index (χ0) is 32.8. The molecule has 0 fully saturated rings. The van der Waals surface area contributed by atoms with Crippen LogP contribution < -0.4 is 4.74 Å². The first kappa shape index (κ1) is 31.0. The highest BCUT2D eigenvalue weighted by molar-refractivity contribution is 6.35. The Kier molecular flexibility index (Phi) is 8.26. The van der Waals surface area contributed by atoms with E-state index in [0.717, 1.165) is 98.1 Å². The van der Waals surface area contributed by atoms with Crippen molar-refractivity contribution in [3.63, 3.8) is 0 Å². The highest BCUT2D eigenvalue weighted by Gasteiger charge is 2.25. The number of carbonyl (C=O) groups is 1. The first-order valence-corrected chi connectivity index (χ1v) is 16.4. The predicted molar refractivity (Wildman–Crippen MR) is 182 cm³/mol. The van der Waals surface area contributed by atoms with Gasteiger partial charge in [0.25, 0.3) is 0 Å². The van der Waals surface area contributed by atoms with Gasteiger partial charge in [0.05, 0.1) is 41.3 Å². The number of rotatable bonds is 1. The molecule has 4 heterocycles. The van der Waals surface area contributed by atoms with Crippen molar-refractivity contribution >= 4 is 39.2 Å². The summed E-state index contributed by atoms with van der Waals surface area (Å²) in [6.45, 7) is 5.15. The van der Waals surface area contributed by atoms with Gasteiger partial charge >= 0.3 is 5.97 Å². The van der Waals surface area contributed by atoms with Gasteiger partial charge in [-0.05, 0) is 111 Å². The minimum absolute atomic E-state index is 0.282. The number of hydrogen-bond donors (Lipinski definition) is 1.